The second kappa shape index (κ2) is 7.35. The highest BCUT2D eigenvalue weighted by atomic mass is 16.2. The molecule has 0 spiro atoms. The van der Waals surface area contributed by atoms with E-state index in [0.29, 0.717) is 30.9 Å². The average Bonchev–Trinajstić information content (AvgIpc) is 2.93. The van der Waals surface area contributed by atoms with Crippen LogP contribution in [0, 0.1) is 5.92 Å². The first-order valence-corrected chi connectivity index (χ1v) is 8.92. The standard InChI is InChI=1S/C19H25N3O3/c1-13-8-9-21(16(10-13)11-20)19(25)15-4-2-14(3-5-15)12-22-17(23)6-7-18(22)24/h2-5,13,16H,6-12,20H2,1H3. The number of piperidine rings is 1. The number of carbonyl (C=O) groups is 3. The van der Waals surface area contributed by atoms with Crippen molar-refractivity contribution in [2.45, 2.75) is 45.2 Å². The highest BCUT2D eigenvalue weighted by molar-refractivity contribution is 6.01. The molecule has 25 heavy (non-hydrogen) atoms. The maximum Gasteiger partial charge on any atom is 0.254 e. The molecule has 2 fully saturated rings. The largest absolute Gasteiger partial charge is 0.334 e. The van der Waals surface area contributed by atoms with Gasteiger partial charge in [-0.15, -0.1) is 0 Å². The van der Waals surface area contributed by atoms with Crippen molar-refractivity contribution in [3.05, 3.63) is 35.4 Å². The quantitative estimate of drug-likeness (QED) is 0.841. The van der Waals surface area contributed by atoms with Crippen LogP contribution in [0.5, 0.6) is 0 Å². The van der Waals surface area contributed by atoms with E-state index in [0.717, 1.165) is 24.9 Å². The van der Waals surface area contributed by atoms with Crippen LogP contribution >= 0.6 is 0 Å². The molecule has 2 aliphatic heterocycles. The number of likely N-dealkylation sites (tertiary alicyclic amines) is 2. The molecule has 2 saturated heterocycles. The van der Waals surface area contributed by atoms with Crippen LogP contribution in [-0.4, -0.2) is 46.7 Å². The van der Waals surface area contributed by atoms with Crippen LogP contribution in [-0.2, 0) is 16.1 Å². The number of hydrogen-bond donors (Lipinski definition) is 1. The third kappa shape index (κ3) is 3.74. The number of amides is 3. The lowest BCUT2D eigenvalue weighted by atomic mass is 9.92. The molecule has 0 radical (unpaired) electrons. The fourth-order valence-electron chi connectivity index (χ4n) is 3.64. The van der Waals surface area contributed by atoms with Gasteiger partial charge in [0, 0.05) is 37.5 Å². The average molecular weight is 343 g/mol. The summed E-state index contributed by atoms with van der Waals surface area (Å²) in [6.45, 7) is 3.69. The van der Waals surface area contributed by atoms with E-state index in [1.54, 1.807) is 12.1 Å². The summed E-state index contributed by atoms with van der Waals surface area (Å²) in [5.41, 5.74) is 7.32. The maximum absolute atomic E-state index is 12.8. The Labute approximate surface area is 148 Å². The van der Waals surface area contributed by atoms with Gasteiger partial charge in [0.25, 0.3) is 5.91 Å². The fraction of sp³-hybridized carbons (Fsp3) is 0.526. The van der Waals surface area contributed by atoms with Crippen molar-refractivity contribution in [2.24, 2.45) is 11.7 Å². The van der Waals surface area contributed by atoms with Gasteiger partial charge in [0.05, 0.1) is 6.54 Å². The summed E-state index contributed by atoms with van der Waals surface area (Å²) < 4.78 is 0. The van der Waals surface area contributed by atoms with E-state index in [-0.39, 0.29) is 30.3 Å². The fourth-order valence-corrected chi connectivity index (χ4v) is 3.64. The van der Waals surface area contributed by atoms with Crippen LogP contribution in [0.25, 0.3) is 0 Å². The number of benzene rings is 1. The van der Waals surface area contributed by atoms with E-state index >= 15 is 0 Å². The van der Waals surface area contributed by atoms with Crippen LogP contribution in [0.15, 0.2) is 24.3 Å². The van der Waals surface area contributed by atoms with Crippen LogP contribution in [0.2, 0.25) is 0 Å². The van der Waals surface area contributed by atoms with E-state index in [2.05, 4.69) is 6.92 Å². The number of carbonyl (C=O) groups excluding carboxylic acids is 3. The van der Waals surface area contributed by atoms with Crippen molar-refractivity contribution < 1.29 is 14.4 Å². The van der Waals surface area contributed by atoms with Crippen molar-refractivity contribution in [2.75, 3.05) is 13.1 Å². The summed E-state index contributed by atoms with van der Waals surface area (Å²) in [5, 5.41) is 0. The van der Waals surface area contributed by atoms with Gasteiger partial charge in [0.2, 0.25) is 11.8 Å². The molecule has 0 aliphatic carbocycles. The predicted molar refractivity (Wildman–Crippen MR) is 93.5 cm³/mol. The Bertz CT molecular complexity index is 655. The molecule has 6 nitrogen and oxygen atoms in total. The number of rotatable bonds is 4. The second-order valence-electron chi connectivity index (χ2n) is 7.09. The summed E-state index contributed by atoms with van der Waals surface area (Å²) in [7, 11) is 0. The molecule has 2 atom stereocenters. The normalized spacial score (nSPS) is 24.1. The highest BCUT2D eigenvalue weighted by Crippen LogP contribution is 2.24. The van der Waals surface area contributed by atoms with Crippen molar-refractivity contribution in [3.8, 4) is 0 Å². The van der Waals surface area contributed by atoms with Crippen LogP contribution in [0.3, 0.4) is 0 Å². The lowest BCUT2D eigenvalue weighted by Gasteiger charge is -2.38. The Kier molecular flexibility index (Phi) is 5.18. The van der Waals surface area contributed by atoms with Gasteiger partial charge in [-0.1, -0.05) is 19.1 Å². The van der Waals surface area contributed by atoms with E-state index in [4.69, 9.17) is 5.73 Å². The molecule has 2 unspecified atom stereocenters. The number of hydrogen-bond acceptors (Lipinski definition) is 4. The minimum atomic E-state index is -0.127. The molecule has 1 aromatic carbocycles. The Balaban J connectivity index is 1.68. The summed E-state index contributed by atoms with van der Waals surface area (Å²) in [4.78, 5) is 39.3. The molecular weight excluding hydrogens is 318 g/mol. The van der Waals surface area contributed by atoms with Crippen molar-refractivity contribution in [1.82, 2.24) is 9.80 Å². The third-order valence-electron chi connectivity index (χ3n) is 5.21. The summed E-state index contributed by atoms with van der Waals surface area (Å²) in [6, 6.07) is 7.27. The minimum Gasteiger partial charge on any atom is -0.334 e. The molecule has 0 saturated carbocycles. The lowest BCUT2D eigenvalue weighted by molar-refractivity contribution is -0.139. The first kappa shape index (κ1) is 17.6. The summed E-state index contributed by atoms with van der Waals surface area (Å²) in [5.74, 6) is 0.342. The third-order valence-corrected chi connectivity index (χ3v) is 5.21. The predicted octanol–water partition coefficient (Wildman–Crippen LogP) is 1.53. The van der Waals surface area contributed by atoms with E-state index < -0.39 is 0 Å². The van der Waals surface area contributed by atoms with Gasteiger partial charge in [0.15, 0.2) is 0 Å². The van der Waals surface area contributed by atoms with Crippen LogP contribution in [0.1, 0.15) is 48.5 Å². The molecule has 2 aliphatic rings. The molecule has 0 bridgehead atoms. The van der Waals surface area contributed by atoms with Crippen LogP contribution in [0.4, 0.5) is 0 Å². The molecule has 3 rings (SSSR count). The summed E-state index contributed by atoms with van der Waals surface area (Å²) in [6.07, 6.45) is 2.53. The Morgan fingerprint density at radius 2 is 1.80 bits per heavy atom. The van der Waals surface area contributed by atoms with Crippen LogP contribution < -0.4 is 5.73 Å². The molecular formula is C19H25N3O3. The van der Waals surface area contributed by atoms with Gasteiger partial charge in [0.1, 0.15) is 0 Å². The van der Waals surface area contributed by atoms with E-state index in [9.17, 15) is 14.4 Å². The number of nitrogens with zero attached hydrogens (tertiary/aromatic N) is 2. The zero-order valence-corrected chi connectivity index (χ0v) is 14.6. The molecule has 1 aromatic rings. The second-order valence-corrected chi connectivity index (χ2v) is 7.09. The van der Waals surface area contributed by atoms with Gasteiger partial charge < -0.3 is 10.6 Å². The van der Waals surface area contributed by atoms with Gasteiger partial charge in [-0.05, 0) is 36.5 Å². The van der Waals surface area contributed by atoms with E-state index in [1.807, 2.05) is 17.0 Å². The maximum atomic E-state index is 12.8. The zero-order valence-electron chi connectivity index (χ0n) is 14.6. The number of nitrogens with two attached hydrogens (primary N) is 1. The molecule has 134 valence electrons. The molecule has 6 heteroatoms. The first-order chi connectivity index (χ1) is 12.0. The molecule has 2 heterocycles. The Hall–Kier alpha value is -2.21. The Morgan fingerprint density at radius 1 is 1.16 bits per heavy atom. The smallest absolute Gasteiger partial charge is 0.254 e. The molecule has 3 amide bonds. The van der Waals surface area contributed by atoms with Crippen molar-refractivity contribution in [3.63, 3.8) is 0 Å². The van der Waals surface area contributed by atoms with Gasteiger partial charge in [-0.3, -0.25) is 19.3 Å². The van der Waals surface area contributed by atoms with Crippen molar-refractivity contribution >= 4 is 17.7 Å². The van der Waals surface area contributed by atoms with Gasteiger partial charge in [-0.2, -0.15) is 0 Å². The molecule has 2 N–H and O–H groups in total. The Morgan fingerprint density at radius 3 is 2.40 bits per heavy atom. The SMILES string of the molecule is CC1CCN(C(=O)c2ccc(CN3C(=O)CCC3=O)cc2)C(CN)C1. The highest BCUT2D eigenvalue weighted by Gasteiger charge is 2.30. The van der Waals surface area contributed by atoms with Crippen molar-refractivity contribution in [1.29, 1.82) is 0 Å². The lowest BCUT2D eigenvalue weighted by Crippen LogP contribution is -2.49. The monoisotopic (exact) mass is 343 g/mol. The first-order valence-electron chi connectivity index (χ1n) is 8.92. The molecule has 0 aromatic heterocycles. The number of imide groups is 1. The zero-order chi connectivity index (χ0) is 18.0. The van der Waals surface area contributed by atoms with Gasteiger partial charge >= 0.3 is 0 Å². The van der Waals surface area contributed by atoms with Gasteiger partial charge in [-0.25, -0.2) is 0 Å². The summed E-state index contributed by atoms with van der Waals surface area (Å²) >= 11 is 0. The van der Waals surface area contributed by atoms with E-state index in [1.165, 1.54) is 4.90 Å². The minimum absolute atomic E-state index is 0.00206. The topological polar surface area (TPSA) is 83.7 Å².